The number of aromatic nitrogens is 2. The highest BCUT2D eigenvalue weighted by Gasteiger charge is 2.24. The molecule has 0 atom stereocenters. The molecule has 2 aromatic heterocycles. The minimum atomic E-state index is -0.326. The Hall–Kier alpha value is -3.87. The number of fused-ring (bicyclic) bond motifs is 1. The topological polar surface area (TPSA) is 67.5 Å². The van der Waals surface area contributed by atoms with Gasteiger partial charge in [0.05, 0.1) is 26.0 Å². The number of anilines is 1. The molecule has 0 aliphatic heterocycles. The summed E-state index contributed by atoms with van der Waals surface area (Å²) in [6.45, 7) is 0. The highest BCUT2D eigenvalue weighted by molar-refractivity contribution is 6.05. The third kappa shape index (κ3) is 3.50. The Bertz CT molecular complexity index is 1190. The van der Waals surface area contributed by atoms with E-state index in [1.54, 1.807) is 30.3 Å². The highest BCUT2D eigenvalue weighted by atomic mass is 19.1. The Morgan fingerprint density at radius 3 is 2.48 bits per heavy atom. The number of carbonyl (C=O) groups is 1. The number of pyridine rings is 1. The van der Waals surface area contributed by atoms with Crippen LogP contribution in [-0.2, 0) is 0 Å². The minimum Gasteiger partial charge on any atom is -0.493 e. The quantitative estimate of drug-likeness (QED) is 0.507. The summed E-state index contributed by atoms with van der Waals surface area (Å²) in [5, 5.41) is 2.95. The molecule has 0 unspecified atom stereocenters. The summed E-state index contributed by atoms with van der Waals surface area (Å²) in [6.07, 6.45) is 1.84. The molecular weight excluding hydrogens is 373 g/mol. The van der Waals surface area contributed by atoms with E-state index in [9.17, 15) is 9.18 Å². The zero-order chi connectivity index (χ0) is 20.4. The van der Waals surface area contributed by atoms with Gasteiger partial charge in [0, 0.05) is 11.6 Å². The third-order valence-corrected chi connectivity index (χ3v) is 4.60. The Kier molecular flexibility index (Phi) is 4.87. The maximum atomic E-state index is 13.4. The Morgan fingerprint density at radius 2 is 1.76 bits per heavy atom. The number of ether oxygens (including phenoxy) is 2. The van der Waals surface area contributed by atoms with Gasteiger partial charge in [-0.3, -0.25) is 9.78 Å². The SMILES string of the molecule is COc1ccc(C(=O)Nc2c(-c3ccc(F)cc3)[nH]c3cccc[n+]23)cc1OC. The number of H-pyrrole nitrogens is 1. The molecule has 146 valence electrons. The molecule has 0 fully saturated rings. The molecule has 1 amide bonds. The summed E-state index contributed by atoms with van der Waals surface area (Å²) in [6, 6.07) is 16.7. The molecule has 2 aromatic carbocycles. The number of nitrogens with zero attached hydrogens (tertiary/aromatic N) is 1. The number of rotatable bonds is 5. The number of amides is 1. The lowest BCUT2D eigenvalue weighted by Crippen LogP contribution is -2.26. The zero-order valence-electron chi connectivity index (χ0n) is 15.9. The molecule has 0 saturated carbocycles. The van der Waals surface area contributed by atoms with Crippen LogP contribution in [-0.4, -0.2) is 25.1 Å². The number of hydrogen-bond donors (Lipinski definition) is 2. The standard InChI is InChI=1S/C22H18FN3O3/c1-28-17-11-8-15(13-18(17)29-2)22(27)25-21-20(14-6-9-16(23)10-7-14)24-19-5-3-4-12-26(19)21/h3-13H,1-2H3,(H,25,27)/p+1. The van der Waals surface area contributed by atoms with Crippen LogP contribution in [0.15, 0.2) is 66.9 Å². The van der Waals surface area contributed by atoms with Gasteiger partial charge in [0.25, 0.3) is 5.82 Å². The van der Waals surface area contributed by atoms with Gasteiger partial charge < -0.3 is 9.47 Å². The van der Waals surface area contributed by atoms with Crippen LogP contribution in [0.5, 0.6) is 11.5 Å². The second-order valence-electron chi connectivity index (χ2n) is 6.34. The van der Waals surface area contributed by atoms with Gasteiger partial charge >= 0.3 is 5.91 Å². The van der Waals surface area contributed by atoms with E-state index in [-0.39, 0.29) is 11.7 Å². The fourth-order valence-electron chi connectivity index (χ4n) is 3.15. The van der Waals surface area contributed by atoms with Crippen molar-refractivity contribution in [3.63, 3.8) is 0 Å². The Balaban J connectivity index is 1.76. The molecule has 0 aliphatic carbocycles. The fourth-order valence-corrected chi connectivity index (χ4v) is 3.15. The van der Waals surface area contributed by atoms with Crippen molar-refractivity contribution in [2.24, 2.45) is 0 Å². The predicted octanol–water partition coefficient (Wildman–Crippen LogP) is 3.83. The first-order chi connectivity index (χ1) is 14.1. The van der Waals surface area contributed by atoms with Crippen LogP contribution in [0.25, 0.3) is 16.9 Å². The number of carbonyl (C=O) groups excluding carboxylic acids is 1. The highest BCUT2D eigenvalue weighted by Crippen LogP contribution is 2.29. The summed E-state index contributed by atoms with van der Waals surface area (Å²) in [5.74, 6) is 0.912. The molecule has 6 nitrogen and oxygen atoms in total. The van der Waals surface area contributed by atoms with E-state index < -0.39 is 0 Å². The maximum absolute atomic E-state index is 13.4. The average Bonchev–Trinajstić information content (AvgIpc) is 3.12. The molecule has 0 aliphatic rings. The van der Waals surface area contributed by atoms with E-state index in [1.165, 1.54) is 26.4 Å². The van der Waals surface area contributed by atoms with Crippen LogP contribution < -0.4 is 19.2 Å². The summed E-state index contributed by atoms with van der Waals surface area (Å²) in [7, 11) is 3.05. The van der Waals surface area contributed by atoms with Gasteiger partial charge in [0.15, 0.2) is 17.2 Å². The molecule has 0 bridgehead atoms. The molecule has 2 N–H and O–H groups in total. The van der Waals surface area contributed by atoms with Gasteiger partial charge in [0.1, 0.15) is 5.82 Å². The number of benzene rings is 2. The second kappa shape index (κ2) is 7.63. The van der Waals surface area contributed by atoms with Crippen molar-refractivity contribution in [3.05, 3.63) is 78.2 Å². The number of hydrogen-bond acceptors (Lipinski definition) is 3. The molecule has 4 aromatic rings. The largest absolute Gasteiger partial charge is 0.493 e. The van der Waals surface area contributed by atoms with Crippen LogP contribution >= 0.6 is 0 Å². The smallest absolute Gasteiger partial charge is 0.311 e. The number of imidazole rings is 1. The fraction of sp³-hybridized carbons (Fsp3) is 0.0909. The van der Waals surface area contributed by atoms with Crippen molar-refractivity contribution < 1.29 is 23.1 Å². The number of methoxy groups -OCH3 is 2. The Morgan fingerprint density at radius 1 is 1.00 bits per heavy atom. The molecule has 2 heterocycles. The monoisotopic (exact) mass is 392 g/mol. The number of aromatic amines is 1. The summed E-state index contributed by atoms with van der Waals surface area (Å²) >= 11 is 0. The second-order valence-corrected chi connectivity index (χ2v) is 6.34. The number of halogens is 1. The van der Waals surface area contributed by atoms with Crippen LogP contribution in [0.4, 0.5) is 10.2 Å². The lowest BCUT2D eigenvalue weighted by Gasteiger charge is -2.08. The van der Waals surface area contributed by atoms with E-state index in [1.807, 2.05) is 28.8 Å². The lowest BCUT2D eigenvalue weighted by atomic mass is 10.1. The molecule has 0 spiro atoms. The van der Waals surface area contributed by atoms with E-state index in [0.29, 0.717) is 28.6 Å². The van der Waals surface area contributed by atoms with Crippen molar-refractivity contribution in [3.8, 4) is 22.8 Å². The number of nitrogens with one attached hydrogen (secondary N) is 2. The lowest BCUT2D eigenvalue weighted by molar-refractivity contribution is -0.493. The summed E-state index contributed by atoms with van der Waals surface area (Å²) < 4.78 is 25.7. The van der Waals surface area contributed by atoms with Gasteiger partial charge in [-0.1, -0.05) is 6.07 Å². The van der Waals surface area contributed by atoms with E-state index in [4.69, 9.17) is 9.47 Å². The van der Waals surface area contributed by atoms with E-state index in [0.717, 1.165) is 11.2 Å². The van der Waals surface area contributed by atoms with Crippen LogP contribution in [0.3, 0.4) is 0 Å². The van der Waals surface area contributed by atoms with E-state index >= 15 is 0 Å². The molecule has 4 rings (SSSR count). The first-order valence-corrected chi connectivity index (χ1v) is 8.92. The molecule has 0 radical (unpaired) electrons. The Labute approximate surface area is 166 Å². The van der Waals surface area contributed by atoms with Gasteiger partial charge in [-0.15, -0.1) is 0 Å². The van der Waals surface area contributed by atoms with Crippen LogP contribution in [0, 0.1) is 5.82 Å². The third-order valence-electron chi connectivity index (χ3n) is 4.60. The summed E-state index contributed by atoms with van der Waals surface area (Å²) in [5.41, 5.74) is 2.62. The molecule has 0 saturated heterocycles. The first-order valence-electron chi connectivity index (χ1n) is 8.92. The van der Waals surface area contributed by atoms with Gasteiger partial charge in [-0.25, -0.2) is 14.1 Å². The van der Waals surface area contributed by atoms with Crippen LogP contribution in [0.1, 0.15) is 10.4 Å². The zero-order valence-corrected chi connectivity index (χ0v) is 15.9. The molecular formula is C22H19FN3O3+. The van der Waals surface area contributed by atoms with E-state index in [2.05, 4.69) is 10.3 Å². The van der Waals surface area contributed by atoms with Gasteiger partial charge in [-0.2, -0.15) is 0 Å². The van der Waals surface area contributed by atoms with Gasteiger partial charge in [-0.05, 0) is 48.5 Å². The molecule has 7 heteroatoms. The van der Waals surface area contributed by atoms with Crippen LogP contribution in [0.2, 0.25) is 0 Å². The normalized spacial score (nSPS) is 10.7. The first kappa shape index (κ1) is 18.5. The minimum absolute atomic E-state index is 0.313. The summed E-state index contributed by atoms with van der Waals surface area (Å²) in [4.78, 5) is 16.2. The van der Waals surface area contributed by atoms with Crippen molar-refractivity contribution in [1.82, 2.24) is 4.98 Å². The van der Waals surface area contributed by atoms with Crippen molar-refractivity contribution in [2.45, 2.75) is 0 Å². The van der Waals surface area contributed by atoms with Gasteiger partial charge in [0.2, 0.25) is 5.65 Å². The molecule has 29 heavy (non-hydrogen) atoms. The average molecular weight is 392 g/mol. The van der Waals surface area contributed by atoms with Crippen molar-refractivity contribution >= 4 is 17.4 Å². The van der Waals surface area contributed by atoms with Crippen molar-refractivity contribution in [2.75, 3.05) is 19.5 Å². The predicted molar refractivity (Wildman–Crippen MR) is 107 cm³/mol. The maximum Gasteiger partial charge on any atom is 0.311 e. The van der Waals surface area contributed by atoms with Crippen molar-refractivity contribution in [1.29, 1.82) is 0 Å².